The minimum Gasteiger partial charge on any atom is -0.506 e. The number of carbonyl (C=O) groups is 1. The largest absolute Gasteiger partial charge is 0.506 e. The van der Waals surface area contributed by atoms with Crippen molar-refractivity contribution in [3.63, 3.8) is 0 Å². The van der Waals surface area contributed by atoms with E-state index in [4.69, 9.17) is 0 Å². The number of phenolic OH excluding ortho intramolecular Hbond substituents is 1. The number of hydrogen-bond donors (Lipinski definition) is 1. The minimum atomic E-state index is 0.0125. The molecule has 7 heteroatoms. The number of aromatic nitrogens is 3. The van der Waals surface area contributed by atoms with Crippen LogP contribution < -0.4 is 4.90 Å². The fourth-order valence-electron chi connectivity index (χ4n) is 3.79. The number of amides is 1. The Hall–Kier alpha value is -3.09. The van der Waals surface area contributed by atoms with Crippen molar-refractivity contribution in [3.05, 3.63) is 47.3 Å². The molecule has 0 aliphatic carbocycles. The van der Waals surface area contributed by atoms with E-state index in [0.717, 1.165) is 28.1 Å². The quantitative estimate of drug-likeness (QED) is 0.754. The first-order valence-electron chi connectivity index (χ1n) is 9.09. The van der Waals surface area contributed by atoms with E-state index in [1.165, 1.54) is 0 Å². The molecule has 2 aromatic heterocycles. The second kappa shape index (κ2) is 6.57. The number of rotatable bonds is 2. The van der Waals surface area contributed by atoms with Gasteiger partial charge in [-0.25, -0.2) is 4.98 Å². The number of nitrogens with zero attached hydrogens (tertiary/aromatic N) is 5. The Balaban J connectivity index is 1.59. The monoisotopic (exact) mass is 365 g/mol. The van der Waals surface area contributed by atoms with Crippen molar-refractivity contribution < 1.29 is 9.90 Å². The number of para-hydroxylation sites is 2. The Morgan fingerprint density at radius 2 is 1.81 bits per heavy atom. The van der Waals surface area contributed by atoms with Crippen LogP contribution in [0.5, 0.6) is 5.75 Å². The second-order valence-corrected chi connectivity index (χ2v) is 6.99. The summed E-state index contributed by atoms with van der Waals surface area (Å²) in [6.07, 6.45) is 0. The van der Waals surface area contributed by atoms with Gasteiger partial charge in [0.15, 0.2) is 5.65 Å². The highest BCUT2D eigenvalue weighted by Crippen LogP contribution is 2.28. The number of anilines is 1. The fraction of sp³-hybridized carbons (Fsp3) is 0.350. The molecule has 27 heavy (non-hydrogen) atoms. The molecule has 3 heterocycles. The van der Waals surface area contributed by atoms with Gasteiger partial charge in [-0.05, 0) is 32.0 Å². The highest BCUT2D eigenvalue weighted by atomic mass is 16.3. The van der Waals surface area contributed by atoms with Crippen LogP contribution in [-0.4, -0.2) is 56.9 Å². The first-order valence-corrected chi connectivity index (χ1v) is 9.09. The maximum Gasteiger partial charge on any atom is 0.254 e. The summed E-state index contributed by atoms with van der Waals surface area (Å²) in [7, 11) is 1.85. The minimum absolute atomic E-state index is 0.0125. The molecule has 0 atom stereocenters. The second-order valence-electron chi connectivity index (χ2n) is 6.99. The number of hydrogen-bond acceptors (Lipinski definition) is 5. The van der Waals surface area contributed by atoms with E-state index in [1.807, 2.05) is 50.1 Å². The molecule has 1 saturated heterocycles. The van der Waals surface area contributed by atoms with Gasteiger partial charge in [-0.3, -0.25) is 9.48 Å². The maximum absolute atomic E-state index is 13.2. The lowest BCUT2D eigenvalue weighted by molar-refractivity contribution is 0.0748. The van der Waals surface area contributed by atoms with Crippen LogP contribution in [0.25, 0.3) is 11.0 Å². The summed E-state index contributed by atoms with van der Waals surface area (Å²) in [4.78, 5) is 21.8. The summed E-state index contributed by atoms with van der Waals surface area (Å²) in [5.41, 5.74) is 3.84. The summed E-state index contributed by atoms with van der Waals surface area (Å²) in [5.74, 6) is 0.285. The van der Waals surface area contributed by atoms with Crippen LogP contribution in [0, 0.1) is 13.8 Å². The average Bonchev–Trinajstić information content (AvgIpc) is 2.95. The molecule has 4 rings (SSSR count). The molecule has 1 fully saturated rings. The van der Waals surface area contributed by atoms with Crippen molar-refractivity contribution in [1.29, 1.82) is 0 Å². The Morgan fingerprint density at radius 3 is 2.52 bits per heavy atom. The molecule has 0 saturated carbocycles. The number of benzene rings is 1. The van der Waals surface area contributed by atoms with E-state index in [0.29, 0.717) is 31.7 Å². The van der Waals surface area contributed by atoms with Gasteiger partial charge in [0.2, 0.25) is 0 Å². The maximum atomic E-state index is 13.2. The van der Waals surface area contributed by atoms with Crippen LogP contribution in [0.15, 0.2) is 30.3 Å². The molecule has 1 N–H and O–H groups in total. The Morgan fingerprint density at radius 1 is 1.11 bits per heavy atom. The summed E-state index contributed by atoms with van der Waals surface area (Å²) in [5, 5.41) is 15.3. The number of aryl methyl sites for hydroxylation is 3. The number of aromatic hydroxyl groups is 1. The van der Waals surface area contributed by atoms with Gasteiger partial charge in [0.05, 0.1) is 22.3 Å². The lowest BCUT2D eigenvalue weighted by Gasteiger charge is -2.36. The number of piperazine rings is 1. The summed E-state index contributed by atoms with van der Waals surface area (Å²) in [6, 6.07) is 9.17. The van der Waals surface area contributed by atoms with Crippen LogP contribution in [0.3, 0.4) is 0 Å². The van der Waals surface area contributed by atoms with E-state index < -0.39 is 0 Å². The lowest BCUT2D eigenvalue weighted by Crippen LogP contribution is -2.48. The zero-order valence-corrected chi connectivity index (χ0v) is 15.8. The van der Waals surface area contributed by atoms with Gasteiger partial charge in [-0.1, -0.05) is 12.1 Å². The van der Waals surface area contributed by atoms with Gasteiger partial charge in [-0.15, -0.1) is 0 Å². The molecule has 1 aromatic carbocycles. The normalized spacial score (nSPS) is 14.8. The van der Waals surface area contributed by atoms with Crippen LogP contribution >= 0.6 is 0 Å². The van der Waals surface area contributed by atoms with Gasteiger partial charge in [-0.2, -0.15) is 5.10 Å². The Labute approximate surface area is 157 Å². The van der Waals surface area contributed by atoms with Gasteiger partial charge >= 0.3 is 0 Å². The van der Waals surface area contributed by atoms with Crippen molar-refractivity contribution in [3.8, 4) is 5.75 Å². The van der Waals surface area contributed by atoms with E-state index in [1.54, 1.807) is 10.7 Å². The van der Waals surface area contributed by atoms with E-state index in [-0.39, 0.29) is 11.7 Å². The topological polar surface area (TPSA) is 74.5 Å². The zero-order valence-electron chi connectivity index (χ0n) is 15.8. The van der Waals surface area contributed by atoms with E-state index >= 15 is 0 Å². The molecular weight excluding hydrogens is 342 g/mol. The van der Waals surface area contributed by atoms with Crippen LogP contribution in [-0.2, 0) is 7.05 Å². The smallest absolute Gasteiger partial charge is 0.254 e. The molecule has 0 unspecified atom stereocenters. The summed E-state index contributed by atoms with van der Waals surface area (Å²) >= 11 is 0. The fourth-order valence-corrected chi connectivity index (χ4v) is 3.79. The van der Waals surface area contributed by atoms with Crippen molar-refractivity contribution in [1.82, 2.24) is 19.7 Å². The molecule has 1 aliphatic heterocycles. The molecule has 140 valence electrons. The number of carbonyl (C=O) groups excluding carboxylic acids is 1. The van der Waals surface area contributed by atoms with E-state index in [2.05, 4.69) is 15.0 Å². The van der Waals surface area contributed by atoms with Gasteiger partial charge in [0.1, 0.15) is 5.75 Å². The zero-order chi connectivity index (χ0) is 19.1. The molecule has 3 aromatic rings. The van der Waals surface area contributed by atoms with Crippen LogP contribution in [0.1, 0.15) is 21.7 Å². The third-order valence-corrected chi connectivity index (χ3v) is 5.12. The van der Waals surface area contributed by atoms with Crippen molar-refractivity contribution in [2.75, 3.05) is 31.1 Å². The van der Waals surface area contributed by atoms with Gasteiger partial charge in [0.25, 0.3) is 5.91 Å². The molecule has 7 nitrogen and oxygen atoms in total. The molecule has 1 aliphatic rings. The first-order chi connectivity index (χ1) is 13.0. The van der Waals surface area contributed by atoms with Crippen molar-refractivity contribution in [2.45, 2.75) is 13.8 Å². The third-order valence-electron chi connectivity index (χ3n) is 5.12. The highest BCUT2D eigenvalue weighted by molar-refractivity contribution is 6.06. The molecule has 0 spiro atoms. The number of fused-ring (bicyclic) bond motifs is 1. The number of pyridine rings is 1. The molecule has 0 bridgehead atoms. The van der Waals surface area contributed by atoms with Gasteiger partial charge < -0.3 is 14.9 Å². The Bertz CT molecular complexity index is 1020. The van der Waals surface area contributed by atoms with Crippen LogP contribution in [0.4, 0.5) is 5.69 Å². The number of phenols is 1. The standard InChI is InChI=1S/C20H23N5O2/c1-13-12-15(18-14(2)22-23(3)19(18)21-13)20(27)25-10-8-24(9-11-25)16-6-4-5-7-17(16)26/h4-7,12,26H,8-11H2,1-3H3. The SMILES string of the molecule is Cc1cc(C(=O)N2CCN(c3ccccc3O)CC2)c2c(C)nn(C)c2n1. The summed E-state index contributed by atoms with van der Waals surface area (Å²) < 4.78 is 1.73. The Kier molecular flexibility index (Phi) is 4.22. The first kappa shape index (κ1) is 17.3. The van der Waals surface area contributed by atoms with Gasteiger partial charge in [0, 0.05) is 38.9 Å². The highest BCUT2D eigenvalue weighted by Gasteiger charge is 2.26. The third kappa shape index (κ3) is 2.99. The summed E-state index contributed by atoms with van der Waals surface area (Å²) in [6.45, 7) is 6.39. The average molecular weight is 365 g/mol. The van der Waals surface area contributed by atoms with E-state index in [9.17, 15) is 9.90 Å². The molecular formula is C20H23N5O2. The predicted molar refractivity (Wildman–Crippen MR) is 104 cm³/mol. The lowest BCUT2D eigenvalue weighted by atomic mass is 10.1. The van der Waals surface area contributed by atoms with Crippen LogP contribution in [0.2, 0.25) is 0 Å². The van der Waals surface area contributed by atoms with Crippen molar-refractivity contribution >= 4 is 22.6 Å². The molecule has 1 amide bonds. The predicted octanol–water partition coefficient (Wildman–Crippen LogP) is 2.25. The molecule has 0 radical (unpaired) electrons. The van der Waals surface area contributed by atoms with Crippen molar-refractivity contribution in [2.24, 2.45) is 7.05 Å².